The van der Waals surface area contributed by atoms with E-state index < -0.39 is 0 Å². The average Bonchev–Trinajstić information content (AvgIpc) is 3.21. The van der Waals surface area contributed by atoms with E-state index in [1.165, 1.54) is 23.1 Å². The summed E-state index contributed by atoms with van der Waals surface area (Å²) in [6, 6.07) is 5.65. The Labute approximate surface area is 212 Å². The van der Waals surface area contributed by atoms with Crippen LogP contribution in [0.15, 0.2) is 27.9 Å². The second-order valence-electron chi connectivity index (χ2n) is 7.02. The number of benzene rings is 1. The van der Waals surface area contributed by atoms with Crippen LogP contribution in [0.4, 0.5) is 0 Å². The number of carbonyl (C=O) groups excluding carboxylic acids is 2. The Kier molecular flexibility index (Phi) is 11.5. The molecule has 1 saturated heterocycles. The fourth-order valence-corrected chi connectivity index (χ4v) is 5.03. The number of hydrogen-bond donors (Lipinski definition) is 2. The molecule has 1 aromatic carbocycles. The maximum Gasteiger partial charge on any atom is 0.230 e. The molecule has 0 saturated carbocycles. The molecule has 2 heterocycles. The van der Waals surface area contributed by atoms with Crippen molar-refractivity contribution in [2.24, 2.45) is 0 Å². The molecule has 0 radical (unpaired) electrons. The lowest BCUT2D eigenvalue weighted by atomic mass is 10.2. The SMILES string of the molecule is CNC(=O)Cc1csc(SCC(=O)NC[C@H]2CN(Cc3ccc(Cl)c(Cl)c3)CCO2)n1.Cl. The van der Waals surface area contributed by atoms with Gasteiger partial charge in [-0.15, -0.1) is 23.7 Å². The summed E-state index contributed by atoms with van der Waals surface area (Å²) >= 11 is 14.9. The van der Waals surface area contributed by atoms with Crippen LogP contribution in [0.3, 0.4) is 0 Å². The number of likely N-dealkylation sites (N-methyl/N-ethyl adjacent to an activating group) is 1. The summed E-state index contributed by atoms with van der Waals surface area (Å²) in [7, 11) is 1.59. The Bertz CT molecular complexity index is 916. The number of thiazole rings is 1. The van der Waals surface area contributed by atoms with Crippen molar-refractivity contribution in [3.8, 4) is 0 Å². The van der Waals surface area contributed by atoms with Crippen LogP contribution in [-0.2, 0) is 27.3 Å². The van der Waals surface area contributed by atoms with E-state index >= 15 is 0 Å². The third kappa shape index (κ3) is 8.70. The van der Waals surface area contributed by atoms with Crippen molar-refractivity contribution in [2.75, 3.05) is 39.0 Å². The van der Waals surface area contributed by atoms with E-state index in [2.05, 4.69) is 20.5 Å². The summed E-state index contributed by atoms with van der Waals surface area (Å²) in [5, 5.41) is 8.44. The van der Waals surface area contributed by atoms with Gasteiger partial charge in [-0.25, -0.2) is 4.98 Å². The molecule has 0 bridgehead atoms. The third-order valence-corrected chi connectivity index (χ3v) is 7.43. The van der Waals surface area contributed by atoms with Crippen molar-refractivity contribution in [3.05, 3.63) is 44.9 Å². The second kappa shape index (κ2) is 13.6. The van der Waals surface area contributed by atoms with Crippen molar-refractivity contribution in [1.82, 2.24) is 20.5 Å². The number of aromatic nitrogens is 1. The van der Waals surface area contributed by atoms with E-state index in [0.29, 0.717) is 28.9 Å². The van der Waals surface area contributed by atoms with Gasteiger partial charge < -0.3 is 15.4 Å². The van der Waals surface area contributed by atoms with Crippen LogP contribution < -0.4 is 10.6 Å². The Morgan fingerprint density at radius 2 is 2.12 bits per heavy atom. The monoisotopic (exact) mass is 538 g/mol. The highest BCUT2D eigenvalue weighted by Gasteiger charge is 2.21. The Morgan fingerprint density at radius 3 is 2.88 bits per heavy atom. The molecule has 7 nitrogen and oxygen atoms in total. The number of morpholine rings is 1. The Morgan fingerprint density at radius 1 is 1.31 bits per heavy atom. The fourth-order valence-electron chi connectivity index (χ4n) is 3.04. The first-order valence-corrected chi connectivity index (χ1v) is 12.4. The first kappa shape index (κ1) is 27.2. The van der Waals surface area contributed by atoms with Crippen molar-refractivity contribution in [1.29, 1.82) is 0 Å². The maximum atomic E-state index is 12.2. The van der Waals surface area contributed by atoms with Crippen molar-refractivity contribution < 1.29 is 14.3 Å². The van der Waals surface area contributed by atoms with Gasteiger partial charge in [0.25, 0.3) is 0 Å². The standard InChI is InChI=1S/C20H24Cl2N4O3S2.ClH/c1-23-18(27)7-14-11-30-20(25-14)31-12-19(28)24-8-15-10-26(4-5-29-15)9-13-2-3-16(21)17(22)6-13;/h2-3,6,11,15H,4-5,7-10,12H2,1H3,(H,23,27)(H,24,28);1H/t15-;/m0./s1. The normalized spacial score (nSPS) is 16.3. The van der Waals surface area contributed by atoms with Gasteiger partial charge in [-0.05, 0) is 17.7 Å². The fraction of sp³-hybridized carbons (Fsp3) is 0.450. The quantitative estimate of drug-likeness (QED) is 0.476. The van der Waals surface area contributed by atoms with Gasteiger partial charge in [0, 0.05) is 38.6 Å². The molecule has 3 rings (SSSR count). The summed E-state index contributed by atoms with van der Waals surface area (Å²) in [6.45, 7) is 3.37. The number of rotatable bonds is 9. The van der Waals surface area contributed by atoms with E-state index in [4.69, 9.17) is 27.9 Å². The average molecular weight is 540 g/mol. The molecule has 1 aliphatic rings. The van der Waals surface area contributed by atoms with Crippen LogP contribution in [0.5, 0.6) is 0 Å². The highest BCUT2D eigenvalue weighted by atomic mass is 35.5. The molecule has 0 spiro atoms. The molecule has 32 heavy (non-hydrogen) atoms. The van der Waals surface area contributed by atoms with Gasteiger partial charge in [0.15, 0.2) is 4.34 Å². The summed E-state index contributed by atoms with van der Waals surface area (Å²) in [5.41, 5.74) is 1.81. The molecule has 0 aliphatic carbocycles. The molecule has 1 fully saturated rings. The Balaban J connectivity index is 0.00000363. The molecule has 2 aromatic rings. The lowest BCUT2D eigenvalue weighted by Gasteiger charge is -2.33. The predicted molar refractivity (Wildman–Crippen MR) is 132 cm³/mol. The van der Waals surface area contributed by atoms with Gasteiger partial charge in [0.05, 0.1) is 40.6 Å². The van der Waals surface area contributed by atoms with E-state index in [-0.39, 0.29) is 42.5 Å². The van der Waals surface area contributed by atoms with Crippen LogP contribution in [0, 0.1) is 0 Å². The van der Waals surface area contributed by atoms with Crippen LogP contribution >= 0.6 is 58.7 Å². The zero-order chi connectivity index (χ0) is 22.2. The zero-order valence-corrected chi connectivity index (χ0v) is 21.4. The number of thioether (sulfide) groups is 1. The minimum Gasteiger partial charge on any atom is -0.374 e. The van der Waals surface area contributed by atoms with Crippen molar-refractivity contribution >= 4 is 70.5 Å². The van der Waals surface area contributed by atoms with Crippen LogP contribution in [0.1, 0.15) is 11.3 Å². The Hall–Kier alpha value is -1.07. The number of nitrogens with zero attached hydrogens (tertiary/aromatic N) is 2. The summed E-state index contributed by atoms with van der Waals surface area (Å²) in [6.07, 6.45) is 0.182. The van der Waals surface area contributed by atoms with Crippen molar-refractivity contribution in [2.45, 2.75) is 23.4 Å². The molecule has 1 aromatic heterocycles. The summed E-state index contributed by atoms with van der Waals surface area (Å²) < 4.78 is 6.57. The van der Waals surface area contributed by atoms with Gasteiger partial charge in [-0.3, -0.25) is 14.5 Å². The second-order valence-corrected chi connectivity index (χ2v) is 9.92. The molecule has 1 aliphatic heterocycles. The molecule has 0 unspecified atom stereocenters. The molecular weight excluding hydrogens is 515 g/mol. The van der Waals surface area contributed by atoms with E-state index in [1.807, 2.05) is 17.5 Å². The topological polar surface area (TPSA) is 83.6 Å². The van der Waals surface area contributed by atoms with Gasteiger partial charge in [0.1, 0.15) is 0 Å². The minimum absolute atomic E-state index is 0. The summed E-state index contributed by atoms with van der Waals surface area (Å²) in [4.78, 5) is 30.3. The number of ether oxygens (including phenoxy) is 1. The van der Waals surface area contributed by atoms with Crippen LogP contribution in [0.2, 0.25) is 10.0 Å². The number of hydrogen-bond acceptors (Lipinski definition) is 7. The van der Waals surface area contributed by atoms with E-state index in [0.717, 1.165) is 29.5 Å². The van der Waals surface area contributed by atoms with Gasteiger partial charge >= 0.3 is 0 Å². The number of amides is 2. The molecule has 176 valence electrons. The maximum absolute atomic E-state index is 12.2. The lowest BCUT2D eigenvalue weighted by Crippen LogP contribution is -2.47. The predicted octanol–water partition coefficient (Wildman–Crippen LogP) is 3.27. The summed E-state index contributed by atoms with van der Waals surface area (Å²) in [5.74, 6) is 0.116. The molecule has 12 heteroatoms. The number of nitrogens with one attached hydrogen (secondary N) is 2. The van der Waals surface area contributed by atoms with Gasteiger partial charge in [0.2, 0.25) is 11.8 Å². The zero-order valence-electron chi connectivity index (χ0n) is 17.4. The van der Waals surface area contributed by atoms with Gasteiger partial charge in [-0.1, -0.05) is 41.0 Å². The molecular formula is C20H25Cl3N4O3S2. The highest BCUT2D eigenvalue weighted by molar-refractivity contribution is 8.01. The van der Waals surface area contributed by atoms with Crippen molar-refractivity contribution in [3.63, 3.8) is 0 Å². The first-order valence-electron chi connectivity index (χ1n) is 9.75. The molecule has 2 N–H and O–H groups in total. The number of carbonyl (C=O) groups is 2. The molecule has 1 atom stereocenters. The van der Waals surface area contributed by atoms with E-state index in [1.54, 1.807) is 13.1 Å². The lowest BCUT2D eigenvalue weighted by molar-refractivity contribution is -0.120. The molecule has 2 amide bonds. The van der Waals surface area contributed by atoms with E-state index in [9.17, 15) is 9.59 Å². The minimum atomic E-state index is -0.0831. The van der Waals surface area contributed by atoms with Crippen LogP contribution in [-0.4, -0.2) is 66.8 Å². The largest absolute Gasteiger partial charge is 0.374 e. The number of halogens is 3. The first-order chi connectivity index (χ1) is 14.9. The highest BCUT2D eigenvalue weighted by Crippen LogP contribution is 2.24. The van der Waals surface area contributed by atoms with Crippen LogP contribution in [0.25, 0.3) is 0 Å². The smallest absolute Gasteiger partial charge is 0.230 e. The van der Waals surface area contributed by atoms with Gasteiger partial charge in [-0.2, -0.15) is 0 Å². The third-order valence-electron chi connectivity index (χ3n) is 4.62.